The van der Waals surface area contributed by atoms with Crippen LogP contribution in [0.4, 0.5) is 0 Å². The number of aryl methyl sites for hydroxylation is 2. The fourth-order valence-electron chi connectivity index (χ4n) is 5.01. The summed E-state index contributed by atoms with van der Waals surface area (Å²) in [4.78, 5) is 30.5. The molecule has 2 N–H and O–H groups in total. The third-order valence-corrected chi connectivity index (χ3v) is 6.87. The third kappa shape index (κ3) is 4.08. The molecule has 1 saturated carbocycles. The molecule has 2 fully saturated rings. The first-order valence-electron chi connectivity index (χ1n) is 10.9. The van der Waals surface area contributed by atoms with Crippen molar-refractivity contribution >= 4 is 16.8 Å². The van der Waals surface area contributed by atoms with Gasteiger partial charge >= 0.3 is 0 Å². The average Bonchev–Trinajstić information content (AvgIpc) is 2.72. The number of carbonyl (C=O) groups excluding carboxylic acids is 1. The molecule has 4 rings (SSSR count). The Morgan fingerprint density at radius 3 is 2.83 bits per heavy atom. The zero-order valence-corrected chi connectivity index (χ0v) is 17.7. The molecule has 2 aromatic rings. The molecule has 0 aromatic carbocycles. The second kappa shape index (κ2) is 8.27. The van der Waals surface area contributed by atoms with Crippen LogP contribution >= 0.6 is 0 Å². The smallest absolute Gasteiger partial charge is 0.254 e. The minimum absolute atomic E-state index is 0.0310. The van der Waals surface area contributed by atoms with Gasteiger partial charge in [-0.25, -0.2) is 0 Å². The van der Waals surface area contributed by atoms with Gasteiger partial charge in [-0.15, -0.1) is 0 Å². The molecule has 0 radical (unpaired) electrons. The number of hydrogen-bond acceptors (Lipinski definition) is 4. The summed E-state index contributed by atoms with van der Waals surface area (Å²) in [5.41, 5.74) is 2.69. The molecule has 0 bridgehead atoms. The monoisotopic (exact) mass is 396 g/mol. The highest BCUT2D eigenvalue weighted by Crippen LogP contribution is 2.40. The van der Waals surface area contributed by atoms with E-state index in [9.17, 15) is 9.59 Å². The zero-order chi connectivity index (χ0) is 20.5. The Bertz CT molecular complexity index is 961. The maximum Gasteiger partial charge on any atom is 0.254 e. The van der Waals surface area contributed by atoms with Crippen molar-refractivity contribution in [1.29, 1.82) is 0 Å². The molecular formula is C23H32N4O2. The van der Waals surface area contributed by atoms with E-state index in [0.29, 0.717) is 5.92 Å². The van der Waals surface area contributed by atoms with E-state index in [0.717, 1.165) is 60.8 Å². The van der Waals surface area contributed by atoms with E-state index in [2.05, 4.69) is 22.5 Å². The molecule has 4 atom stereocenters. The highest BCUT2D eigenvalue weighted by molar-refractivity contribution is 5.80. The number of piperidine rings is 1. The van der Waals surface area contributed by atoms with Crippen LogP contribution in [0.15, 0.2) is 23.1 Å². The predicted octanol–water partition coefficient (Wildman–Crippen LogP) is 2.98. The largest absolute Gasteiger partial charge is 0.341 e. The molecule has 156 valence electrons. The van der Waals surface area contributed by atoms with E-state index in [4.69, 9.17) is 0 Å². The minimum atomic E-state index is -0.0310. The van der Waals surface area contributed by atoms with Gasteiger partial charge in [-0.3, -0.25) is 19.9 Å². The van der Waals surface area contributed by atoms with Gasteiger partial charge in [0.05, 0.1) is 11.7 Å². The molecule has 1 saturated heterocycles. The molecule has 0 spiro atoms. The molecule has 3 heterocycles. The summed E-state index contributed by atoms with van der Waals surface area (Å²) in [7, 11) is 1.83. The quantitative estimate of drug-likeness (QED) is 0.836. The lowest BCUT2D eigenvalue weighted by Crippen LogP contribution is -2.50. The van der Waals surface area contributed by atoms with Crippen molar-refractivity contribution in [3.63, 3.8) is 0 Å². The molecule has 2 aromatic heterocycles. The molecule has 1 amide bonds. The molecule has 1 aliphatic carbocycles. The standard InChI is InChI=1S/C23H32N4O2/c1-14-7-8-16(22(28)26-21-6-4-5-9-24-21)11-18(14)19-12-17-13-25-15(2)10-20(17)27(3)23(19)29/h10,12-14,16,18,21,24H,4-9,11H2,1-3H3,(H,26,28). The van der Waals surface area contributed by atoms with Crippen LogP contribution in [0.2, 0.25) is 0 Å². The van der Waals surface area contributed by atoms with Gasteiger partial charge in [0.25, 0.3) is 5.56 Å². The molecule has 6 heteroatoms. The van der Waals surface area contributed by atoms with Crippen molar-refractivity contribution in [2.24, 2.45) is 18.9 Å². The topological polar surface area (TPSA) is 76.0 Å². The minimum Gasteiger partial charge on any atom is -0.341 e. The summed E-state index contributed by atoms with van der Waals surface area (Å²) in [6.45, 7) is 5.11. The van der Waals surface area contributed by atoms with Crippen LogP contribution in [-0.2, 0) is 11.8 Å². The summed E-state index contributed by atoms with van der Waals surface area (Å²) in [6.07, 6.45) is 7.86. The van der Waals surface area contributed by atoms with Gasteiger partial charge in [-0.05, 0) is 76.0 Å². The summed E-state index contributed by atoms with van der Waals surface area (Å²) >= 11 is 0. The van der Waals surface area contributed by atoms with Crippen LogP contribution in [0.5, 0.6) is 0 Å². The number of rotatable bonds is 3. The molecule has 2 aliphatic rings. The van der Waals surface area contributed by atoms with Gasteiger partial charge in [-0.1, -0.05) is 6.92 Å². The van der Waals surface area contributed by atoms with E-state index < -0.39 is 0 Å². The fraction of sp³-hybridized carbons (Fsp3) is 0.609. The van der Waals surface area contributed by atoms with Crippen LogP contribution in [0, 0.1) is 18.8 Å². The van der Waals surface area contributed by atoms with E-state index in [1.165, 1.54) is 6.42 Å². The Balaban J connectivity index is 1.58. The Hall–Kier alpha value is -2.21. The average molecular weight is 397 g/mol. The van der Waals surface area contributed by atoms with Crippen molar-refractivity contribution in [2.45, 2.75) is 64.5 Å². The number of nitrogens with zero attached hydrogens (tertiary/aromatic N) is 2. The van der Waals surface area contributed by atoms with Crippen molar-refractivity contribution < 1.29 is 4.79 Å². The lowest BCUT2D eigenvalue weighted by atomic mass is 9.71. The second-order valence-corrected chi connectivity index (χ2v) is 8.95. The van der Waals surface area contributed by atoms with Crippen molar-refractivity contribution in [2.75, 3.05) is 6.54 Å². The second-order valence-electron chi connectivity index (χ2n) is 8.95. The van der Waals surface area contributed by atoms with Gasteiger partial charge in [0, 0.05) is 35.8 Å². The number of carbonyl (C=O) groups is 1. The molecule has 6 nitrogen and oxygen atoms in total. The van der Waals surface area contributed by atoms with Gasteiger partial charge in [0.2, 0.25) is 5.91 Å². The molecule has 29 heavy (non-hydrogen) atoms. The van der Waals surface area contributed by atoms with Crippen LogP contribution in [0.25, 0.3) is 10.9 Å². The SMILES string of the molecule is Cc1cc2c(cn1)cc(C1CC(C(=O)NC3CCCCN3)CCC1C)c(=O)n2C. The van der Waals surface area contributed by atoms with Crippen LogP contribution in [0.1, 0.15) is 62.6 Å². The number of fused-ring (bicyclic) bond motifs is 1. The maximum absolute atomic E-state index is 13.2. The van der Waals surface area contributed by atoms with Crippen molar-refractivity contribution in [3.8, 4) is 0 Å². The normalized spacial score (nSPS) is 27.7. The summed E-state index contributed by atoms with van der Waals surface area (Å²) in [6, 6.07) is 3.96. The summed E-state index contributed by atoms with van der Waals surface area (Å²) in [5, 5.41) is 7.57. The Labute approximate surface area is 172 Å². The highest BCUT2D eigenvalue weighted by Gasteiger charge is 2.35. The van der Waals surface area contributed by atoms with Crippen LogP contribution in [-0.4, -0.2) is 28.2 Å². The molecule has 1 aliphatic heterocycles. The number of hydrogen-bond donors (Lipinski definition) is 2. The van der Waals surface area contributed by atoms with Gasteiger partial charge < -0.3 is 9.88 Å². The van der Waals surface area contributed by atoms with E-state index >= 15 is 0 Å². The lowest BCUT2D eigenvalue weighted by Gasteiger charge is -2.35. The van der Waals surface area contributed by atoms with Crippen LogP contribution in [0.3, 0.4) is 0 Å². The van der Waals surface area contributed by atoms with E-state index in [1.54, 1.807) is 4.57 Å². The number of pyridine rings is 2. The highest BCUT2D eigenvalue weighted by atomic mass is 16.2. The van der Waals surface area contributed by atoms with E-state index in [1.807, 2.05) is 32.3 Å². The molecule has 4 unspecified atom stereocenters. The van der Waals surface area contributed by atoms with Crippen LogP contribution < -0.4 is 16.2 Å². The Morgan fingerprint density at radius 1 is 1.24 bits per heavy atom. The number of amides is 1. The summed E-state index contributed by atoms with van der Waals surface area (Å²) < 4.78 is 1.74. The summed E-state index contributed by atoms with van der Waals surface area (Å²) in [5.74, 6) is 0.589. The maximum atomic E-state index is 13.2. The van der Waals surface area contributed by atoms with Crippen molar-refractivity contribution in [3.05, 3.63) is 39.9 Å². The first kappa shape index (κ1) is 20.1. The number of nitrogens with one attached hydrogen (secondary N) is 2. The number of aromatic nitrogens is 2. The lowest BCUT2D eigenvalue weighted by molar-refractivity contribution is -0.127. The first-order valence-corrected chi connectivity index (χ1v) is 10.9. The molecular weight excluding hydrogens is 364 g/mol. The van der Waals surface area contributed by atoms with Crippen molar-refractivity contribution in [1.82, 2.24) is 20.2 Å². The zero-order valence-electron chi connectivity index (χ0n) is 17.7. The predicted molar refractivity (Wildman–Crippen MR) is 115 cm³/mol. The fourth-order valence-corrected chi connectivity index (χ4v) is 5.01. The van der Waals surface area contributed by atoms with Gasteiger partial charge in [0.15, 0.2) is 0 Å². The van der Waals surface area contributed by atoms with Gasteiger partial charge in [0.1, 0.15) is 0 Å². The van der Waals surface area contributed by atoms with Gasteiger partial charge in [-0.2, -0.15) is 0 Å². The first-order chi connectivity index (χ1) is 13.9. The Morgan fingerprint density at radius 2 is 2.07 bits per heavy atom. The third-order valence-electron chi connectivity index (χ3n) is 6.87. The Kier molecular flexibility index (Phi) is 5.72. The van der Waals surface area contributed by atoms with E-state index in [-0.39, 0.29) is 29.5 Å².